The molecular weight excluding hydrogens is 306 g/mol. The van der Waals surface area contributed by atoms with Gasteiger partial charge in [-0.1, -0.05) is 30.3 Å². The van der Waals surface area contributed by atoms with Crippen molar-refractivity contribution in [1.29, 1.82) is 0 Å². The molecule has 0 unspecified atom stereocenters. The summed E-state index contributed by atoms with van der Waals surface area (Å²) < 4.78 is 2.30. The third kappa shape index (κ3) is 1.59. The highest BCUT2D eigenvalue weighted by Crippen LogP contribution is 2.40. The van der Waals surface area contributed by atoms with E-state index in [4.69, 9.17) is 0 Å². The van der Waals surface area contributed by atoms with Gasteiger partial charge >= 0.3 is 0 Å². The summed E-state index contributed by atoms with van der Waals surface area (Å²) >= 11 is 0. The molecule has 0 radical (unpaired) electrons. The van der Waals surface area contributed by atoms with Gasteiger partial charge < -0.3 is 4.40 Å². The molecule has 0 amide bonds. The van der Waals surface area contributed by atoms with Gasteiger partial charge in [0.15, 0.2) is 0 Å². The predicted octanol–water partition coefficient (Wildman–Crippen LogP) is 5.29. The van der Waals surface area contributed by atoms with Crippen LogP contribution in [0.25, 0.3) is 49.2 Å². The van der Waals surface area contributed by atoms with Gasteiger partial charge in [-0.3, -0.25) is 9.97 Å². The second-order valence-corrected chi connectivity index (χ2v) is 6.41. The fraction of sp³-hybridized carbons (Fsp3) is 0. The van der Waals surface area contributed by atoms with Gasteiger partial charge in [-0.25, -0.2) is 0 Å². The van der Waals surface area contributed by atoms with Gasteiger partial charge in [0.05, 0.1) is 28.9 Å². The Morgan fingerprint density at radius 3 is 1.80 bits per heavy atom. The zero-order chi connectivity index (χ0) is 16.4. The van der Waals surface area contributed by atoms with Crippen molar-refractivity contribution >= 4 is 38.1 Å². The van der Waals surface area contributed by atoms with E-state index < -0.39 is 0 Å². The summed E-state index contributed by atoms with van der Waals surface area (Å²) in [6.45, 7) is 0. The summed E-state index contributed by atoms with van der Waals surface area (Å²) in [7, 11) is 0. The molecule has 3 heteroatoms. The smallest absolute Gasteiger partial charge is 0.0725 e. The Morgan fingerprint density at radius 2 is 1.20 bits per heavy atom. The summed E-state index contributed by atoms with van der Waals surface area (Å²) in [5.41, 5.74) is 6.00. The molecule has 0 spiro atoms. The van der Waals surface area contributed by atoms with Gasteiger partial charge in [0.25, 0.3) is 0 Å². The number of hydrogen-bond donors (Lipinski definition) is 0. The summed E-state index contributed by atoms with van der Waals surface area (Å²) in [6.07, 6.45) is 7.63. The van der Waals surface area contributed by atoms with Gasteiger partial charge in [-0.2, -0.15) is 0 Å². The minimum absolute atomic E-state index is 1.13. The van der Waals surface area contributed by atoms with Gasteiger partial charge in [0, 0.05) is 33.9 Å². The van der Waals surface area contributed by atoms with Crippen molar-refractivity contribution < 1.29 is 0 Å². The third-order valence-electron chi connectivity index (χ3n) is 5.10. The monoisotopic (exact) mass is 319 g/mol. The molecule has 4 aromatic heterocycles. The molecule has 0 fully saturated rings. The molecule has 0 aliphatic heterocycles. The lowest BCUT2D eigenvalue weighted by atomic mass is 10.00. The highest BCUT2D eigenvalue weighted by Gasteiger charge is 2.18. The zero-order valence-electron chi connectivity index (χ0n) is 13.3. The van der Waals surface area contributed by atoms with Crippen LogP contribution in [0.1, 0.15) is 0 Å². The number of pyridine rings is 2. The molecule has 0 N–H and O–H groups in total. The van der Waals surface area contributed by atoms with Crippen LogP contribution in [0.3, 0.4) is 0 Å². The first-order valence-corrected chi connectivity index (χ1v) is 8.34. The van der Waals surface area contributed by atoms with Crippen LogP contribution in [0.5, 0.6) is 0 Å². The number of benzene rings is 2. The number of nitrogens with zero attached hydrogens (tertiary/aromatic N) is 3. The maximum Gasteiger partial charge on any atom is 0.0725 e. The number of aromatic nitrogens is 3. The van der Waals surface area contributed by atoms with Crippen LogP contribution in [0.4, 0.5) is 0 Å². The maximum absolute atomic E-state index is 4.35. The molecule has 3 nitrogen and oxygen atoms in total. The van der Waals surface area contributed by atoms with E-state index in [0.29, 0.717) is 0 Å². The first-order valence-electron chi connectivity index (χ1n) is 8.34. The van der Waals surface area contributed by atoms with E-state index in [1.54, 1.807) is 0 Å². The van der Waals surface area contributed by atoms with E-state index in [9.17, 15) is 0 Å². The predicted molar refractivity (Wildman–Crippen MR) is 102 cm³/mol. The second-order valence-electron chi connectivity index (χ2n) is 6.41. The Hall–Kier alpha value is -3.46. The van der Waals surface area contributed by atoms with Gasteiger partial charge in [-0.05, 0) is 35.4 Å². The SMILES string of the molecule is c1ccc(-c2cc3c4ccncc4n4c5cnccc5c(c2)c34)cc1. The summed E-state index contributed by atoms with van der Waals surface area (Å²) in [5.74, 6) is 0. The topological polar surface area (TPSA) is 30.2 Å². The lowest BCUT2D eigenvalue weighted by Crippen LogP contribution is -1.81. The Balaban J connectivity index is 1.92. The Kier molecular flexibility index (Phi) is 2.35. The third-order valence-corrected chi connectivity index (χ3v) is 5.10. The second kappa shape index (κ2) is 4.54. The standard InChI is InChI=1S/C22H13N3/c1-2-4-14(5-3-1)15-10-18-16-6-8-23-12-20(16)25-21-13-24-9-7-17(21)19(11-15)22(18)25/h1-13H. The lowest BCUT2D eigenvalue weighted by molar-refractivity contribution is 1.27. The Labute approximate surface area is 143 Å². The highest BCUT2D eigenvalue weighted by atomic mass is 14.9. The van der Waals surface area contributed by atoms with Crippen LogP contribution in [0.2, 0.25) is 0 Å². The van der Waals surface area contributed by atoms with Crippen LogP contribution in [-0.4, -0.2) is 14.4 Å². The molecule has 4 heterocycles. The number of hydrogen-bond acceptors (Lipinski definition) is 2. The molecule has 6 aromatic rings. The summed E-state index contributed by atoms with van der Waals surface area (Å²) in [6, 6.07) is 19.4. The molecule has 0 atom stereocenters. The number of rotatable bonds is 1. The van der Waals surface area contributed by atoms with Crippen molar-refractivity contribution in [2.24, 2.45) is 0 Å². The molecular formula is C22H13N3. The van der Waals surface area contributed by atoms with E-state index in [0.717, 1.165) is 11.0 Å². The van der Waals surface area contributed by atoms with E-state index in [-0.39, 0.29) is 0 Å². The van der Waals surface area contributed by atoms with Crippen molar-refractivity contribution in [2.45, 2.75) is 0 Å². The quantitative estimate of drug-likeness (QED) is 0.412. The highest BCUT2D eigenvalue weighted by molar-refractivity contribution is 6.24. The zero-order valence-corrected chi connectivity index (χ0v) is 13.3. The molecule has 0 aliphatic carbocycles. The van der Waals surface area contributed by atoms with E-state index >= 15 is 0 Å². The van der Waals surface area contributed by atoms with Crippen LogP contribution < -0.4 is 0 Å². The molecule has 25 heavy (non-hydrogen) atoms. The van der Waals surface area contributed by atoms with Crippen molar-refractivity contribution in [2.75, 3.05) is 0 Å². The first-order chi connectivity index (χ1) is 12.4. The van der Waals surface area contributed by atoms with Crippen LogP contribution >= 0.6 is 0 Å². The summed E-state index contributed by atoms with van der Waals surface area (Å²) in [4.78, 5) is 8.70. The van der Waals surface area contributed by atoms with Gasteiger partial charge in [0.2, 0.25) is 0 Å². The van der Waals surface area contributed by atoms with Gasteiger partial charge in [0.1, 0.15) is 0 Å². The van der Waals surface area contributed by atoms with E-state index in [2.05, 4.69) is 69.0 Å². The normalized spacial score (nSPS) is 12.0. The molecule has 116 valence electrons. The van der Waals surface area contributed by atoms with Gasteiger partial charge in [-0.15, -0.1) is 0 Å². The average molecular weight is 319 g/mol. The lowest BCUT2D eigenvalue weighted by Gasteiger charge is -2.03. The fourth-order valence-corrected chi connectivity index (χ4v) is 4.04. The average Bonchev–Trinajstić information content (AvgIpc) is 3.20. The minimum Gasteiger partial charge on any atom is -0.305 e. The minimum atomic E-state index is 1.13. The fourth-order valence-electron chi connectivity index (χ4n) is 4.04. The van der Waals surface area contributed by atoms with Crippen molar-refractivity contribution in [3.05, 3.63) is 79.4 Å². The maximum atomic E-state index is 4.35. The number of fused-ring (bicyclic) bond motifs is 6. The van der Waals surface area contributed by atoms with E-state index in [1.807, 2.05) is 24.8 Å². The molecule has 0 bridgehead atoms. The largest absolute Gasteiger partial charge is 0.305 e. The Bertz CT molecular complexity index is 1300. The molecule has 6 rings (SSSR count). The van der Waals surface area contributed by atoms with E-state index in [1.165, 1.54) is 38.2 Å². The first kappa shape index (κ1) is 12.9. The van der Waals surface area contributed by atoms with Crippen molar-refractivity contribution in [3.63, 3.8) is 0 Å². The molecule has 0 saturated carbocycles. The van der Waals surface area contributed by atoms with Crippen molar-refractivity contribution in [3.8, 4) is 11.1 Å². The summed E-state index contributed by atoms with van der Waals surface area (Å²) in [5, 5.41) is 5.01. The van der Waals surface area contributed by atoms with Crippen molar-refractivity contribution in [1.82, 2.24) is 14.4 Å². The molecule has 0 aliphatic rings. The van der Waals surface area contributed by atoms with Crippen LogP contribution in [-0.2, 0) is 0 Å². The molecule has 0 saturated heterocycles. The Morgan fingerprint density at radius 1 is 0.600 bits per heavy atom. The molecule has 2 aromatic carbocycles. The van der Waals surface area contributed by atoms with Crippen LogP contribution in [0.15, 0.2) is 79.4 Å². The van der Waals surface area contributed by atoms with Crippen LogP contribution in [0, 0.1) is 0 Å².